The Hall–Kier alpha value is -1.91. The van der Waals surface area contributed by atoms with Crippen molar-refractivity contribution in [2.45, 2.75) is 19.3 Å². The van der Waals surface area contributed by atoms with Gasteiger partial charge in [0.25, 0.3) is 0 Å². The lowest BCUT2D eigenvalue weighted by molar-refractivity contribution is -0.132. The van der Waals surface area contributed by atoms with Gasteiger partial charge in [0.2, 0.25) is 5.91 Å². The minimum atomic E-state index is -0.492. The molecule has 0 bridgehead atoms. The van der Waals surface area contributed by atoms with Gasteiger partial charge in [-0.05, 0) is 31.0 Å². The van der Waals surface area contributed by atoms with Crippen LogP contribution in [-0.4, -0.2) is 36.8 Å². The number of benzene rings is 1. The zero-order valence-electron chi connectivity index (χ0n) is 10.8. The van der Waals surface area contributed by atoms with Crippen LogP contribution in [0.3, 0.4) is 0 Å². The molecule has 0 saturated carbocycles. The molecule has 4 nitrogen and oxygen atoms in total. The zero-order chi connectivity index (χ0) is 13.8. The van der Waals surface area contributed by atoms with Gasteiger partial charge in [0, 0.05) is 13.0 Å². The molecular weight excluding hydrogens is 249 g/mol. The summed E-state index contributed by atoms with van der Waals surface area (Å²) in [5.41, 5.74) is 0.181. The number of ketones is 1. The van der Waals surface area contributed by atoms with Gasteiger partial charge in [-0.25, -0.2) is 4.39 Å². The van der Waals surface area contributed by atoms with E-state index in [0.29, 0.717) is 18.7 Å². The molecule has 19 heavy (non-hydrogen) atoms. The van der Waals surface area contributed by atoms with Gasteiger partial charge < -0.3 is 9.64 Å². The van der Waals surface area contributed by atoms with Crippen LogP contribution in [0.2, 0.25) is 0 Å². The van der Waals surface area contributed by atoms with Crippen LogP contribution < -0.4 is 4.74 Å². The van der Waals surface area contributed by atoms with Crippen molar-refractivity contribution in [2.24, 2.45) is 0 Å². The van der Waals surface area contributed by atoms with E-state index in [2.05, 4.69) is 0 Å². The Kier molecular flexibility index (Phi) is 4.14. The van der Waals surface area contributed by atoms with Gasteiger partial charge >= 0.3 is 0 Å². The number of amides is 1. The van der Waals surface area contributed by atoms with Crippen LogP contribution in [0.15, 0.2) is 18.2 Å². The molecule has 0 spiro atoms. The summed E-state index contributed by atoms with van der Waals surface area (Å²) in [4.78, 5) is 25.3. The van der Waals surface area contributed by atoms with E-state index in [1.54, 1.807) is 0 Å². The monoisotopic (exact) mass is 265 g/mol. The lowest BCUT2D eigenvalue weighted by Crippen LogP contribution is -2.39. The second-order valence-corrected chi connectivity index (χ2v) is 4.54. The van der Waals surface area contributed by atoms with E-state index in [4.69, 9.17) is 4.74 Å². The molecule has 1 aromatic carbocycles. The lowest BCUT2D eigenvalue weighted by Gasteiger charge is -2.26. The van der Waals surface area contributed by atoms with Gasteiger partial charge in [-0.2, -0.15) is 0 Å². The quantitative estimate of drug-likeness (QED) is 0.782. The second-order valence-electron chi connectivity index (χ2n) is 4.54. The molecule has 2 rings (SSSR count). The first-order chi connectivity index (χ1) is 9.11. The van der Waals surface area contributed by atoms with Gasteiger partial charge in [-0.3, -0.25) is 9.59 Å². The van der Waals surface area contributed by atoms with Gasteiger partial charge in [0.05, 0.1) is 19.2 Å². The molecule has 1 saturated heterocycles. The number of methoxy groups -OCH3 is 1. The van der Waals surface area contributed by atoms with Crippen molar-refractivity contribution in [3.05, 3.63) is 29.6 Å². The maximum atomic E-state index is 13.2. The number of carbonyl (C=O) groups is 2. The topological polar surface area (TPSA) is 46.6 Å². The van der Waals surface area contributed by atoms with Crippen molar-refractivity contribution in [3.63, 3.8) is 0 Å². The van der Waals surface area contributed by atoms with Gasteiger partial charge in [0.1, 0.15) is 11.6 Å². The van der Waals surface area contributed by atoms with Gasteiger partial charge in [0.15, 0.2) is 5.78 Å². The number of hydrogen-bond acceptors (Lipinski definition) is 3. The summed E-state index contributed by atoms with van der Waals surface area (Å²) >= 11 is 0. The molecule has 0 unspecified atom stereocenters. The van der Waals surface area contributed by atoms with E-state index in [1.807, 2.05) is 0 Å². The van der Waals surface area contributed by atoms with E-state index in [-0.39, 0.29) is 23.8 Å². The molecule has 0 atom stereocenters. The summed E-state index contributed by atoms with van der Waals surface area (Å²) < 4.78 is 18.3. The third kappa shape index (κ3) is 3.10. The smallest absolute Gasteiger partial charge is 0.222 e. The highest BCUT2D eigenvalue weighted by molar-refractivity contribution is 6.01. The predicted octanol–water partition coefficient (Wildman–Crippen LogP) is 2.03. The lowest BCUT2D eigenvalue weighted by atomic mass is 10.1. The van der Waals surface area contributed by atoms with Crippen molar-refractivity contribution in [1.82, 2.24) is 4.90 Å². The number of ether oxygens (including phenoxy) is 1. The molecule has 0 radical (unpaired) electrons. The highest BCUT2D eigenvalue weighted by atomic mass is 19.1. The number of likely N-dealkylation sites (tertiary alicyclic amines) is 1. The molecule has 1 amide bonds. The number of nitrogens with zero attached hydrogens (tertiary/aromatic N) is 1. The van der Waals surface area contributed by atoms with Gasteiger partial charge in [-0.1, -0.05) is 0 Å². The van der Waals surface area contributed by atoms with Crippen molar-refractivity contribution in [3.8, 4) is 5.75 Å². The maximum Gasteiger partial charge on any atom is 0.222 e. The van der Waals surface area contributed by atoms with E-state index in [1.165, 1.54) is 24.1 Å². The van der Waals surface area contributed by atoms with Crippen LogP contribution in [0, 0.1) is 5.82 Å². The summed E-state index contributed by atoms with van der Waals surface area (Å²) in [7, 11) is 1.43. The maximum absolute atomic E-state index is 13.2. The Morgan fingerprint density at radius 1 is 1.42 bits per heavy atom. The average Bonchev–Trinajstić information content (AvgIpc) is 2.41. The third-order valence-electron chi connectivity index (χ3n) is 3.22. The van der Waals surface area contributed by atoms with Gasteiger partial charge in [-0.15, -0.1) is 0 Å². The SMILES string of the molecule is COc1ccc(F)cc1C(=O)CN1CCCCC1=O. The Bertz CT molecular complexity index is 501. The highest BCUT2D eigenvalue weighted by Gasteiger charge is 2.22. The first kappa shape index (κ1) is 13.5. The first-order valence-electron chi connectivity index (χ1n) is 6.26. The van der Waals surface area contributed by atoms with Crippen molar-refractivity contribution in [2.75, 3.05) is 20.2 Å². The molecule has 1 heterocycles. The van der Waals surface area contributed by atoms with E-state index in [0.717, 1.165) is 18.9 Å². The Labute approximate surface area is 111 Å². The molecule has 1 aromatic rings. The number of piperidine rings is 1. The number of Topliss-reactive ketones (excluding diaryl/α,β-unsaturated/α-hetero) is 1. The fraction of sp³-hybridized carbons (Fsp3) is 0.429. The van der Waals surface area contributed by atoms with Crippen LogP contribution in [0.1, 0.15) is 29.6 Å². The first-order valence-corrected chi connectivity index (χ1v) is 6.26. The number of rotatable bonds is 4. The zero-order valence-corrected chi connectivity index (χ0v) is 10.8. The minimum Gasteiger partial charge on any atom is -0.496 e. The number of hydrogen-bond donors (Lipinski definition) is 0. The van der Waals surface area contributed by atoms with Crippen LogP contribution >= 0.6 is 0 Å². The molecule has 0 aliphatic carbocycles. The van der Waals surface area contributed by atoms with Crippen LogP contribution in [0.4, 0.5) is 4.39 Å². The highest BCUT2D eigenvalue weighted by Crippen LogP contribution is 2.21. The van der Waals surface area contributed by atoms with Crippen molar-refractivity contribution >= 4 is 11.7 Å². The number of carbonyl (C=O) groups excluding carboxylic acids is 2. The Morgan fingerprint density at radius 3 is 2.89 bits per heavy atom. The Balaban J connectivity index is 2.15. The van der Waals surface area contributed by atoms with Crippen LogP contribution in [0.5, 0.6) is 5.75 Å². The normalized spacial score (nSPS) is 15.5. The summed E-state index contributed by atoms with van der Waals surface area (Å²) in [5.74, 6) is -0.480. The third-order valence-corrected chi connectivity index (χ3v) is 3.22. The molecule has 5 heteroatoms. The summed E-state index contributed by atoms with van der Waals surface area (Å²) in [6.07, 6.45) is 2.25. The summed E-state index contributed by atoms with van der Waals surface area (Å²) in [6.45, 7) is 0.570. The summed E-state index contributed by atoms with van der Waals surface area (Å²) in [5, 5.41) is 0. The second kappa shape index (κ2) is 5.82. The van der Waals surface area contributed by atoms with Crippen molar-refractivity contribution in [1.29, 1.82) is 0 Å². The fourth-order valence-corrected chi connectivity index (χ4v) is 2.19. The molecule has 1 fully saturated rings. The predicted molar refractivity (Wildman–Crippen MR) is 67.7 cm³/mol. The van der Waals surface area contributed by atoms with E-state index < -0.39 is 5.82 Å². The van der Waals surface area contributed by atoms with Crippen molar-refractivity contribution < 1.29 is 18.7 Å². The molecule has 1 aliphatic heterocycles. The Morgan fingerprint density at radius 2 is 2.21 bits per heavy atom. The number of halogens is 1. The fourth-order valence-electron chi connectivity index (χ4n) is 2.19. The van der Waals surface area contributed by atoms with Crippen LogP contribution in [0.25, 0.3) is 0 Å². The minimum absolute atomic E-state index is 0.0152. The van der Waals surface area contributed by atoms with E-state index in [9.17, 15) is 14.0 Å². The van der Waals surface area contributed by atoms with Crippen LogP contribution in [-0.2, 0) is 4.79 Å². The molecule has 0 aromatic heterocycles. The van der Waals surface area contributed by atoms with E-state index >= 15 is 0 Å². The molecule has 0 N–H and O–H groups in total. The molecular formula is C14H16FNO3. The standard InChI is InChI=1S/C14H16FNO3/c1-19-13-6-5-10(15)8-11(13)12(17)9-16-7-3-2-4-14(16)18/h5-6,8H,2-4,7,9H2,1H3. The summed E-state index contributed by atoms with van der Waals surface area (Å²) in [6, 6.07) is 3.80. The largest absolute Gasteiger partial charge is 0.496 e. The molecule has 102 valence electrons. The average molecular weight is 265 g/mol. The molecule has 1 aliphatic rings.